The standard InChI is InChI=1S/C18H23NS/c1-2-6-16(7-3-1)17(13-19-18-9-10-18)8-4-5-15-11-12-20-14-15/h1-3,6-7,11-12,14,17-19H,4-5,8-10,13H2. The second-order valence-corrected chi connectivity index (χ2v) is 6.59. The molecule has 0 saturated heterocycles. The predicted octanol–water partition coefficient (Wildman–Crippen LogP) is 4.61. The summed E-state index contributed by atoms with van der Waals surface area (Å²) in [6, 6.07) is 14.1. The lowest BCUT2D eigenvalue weighted by Gasteiger charge is -2.18. The highest BCUT2D eigenvalue weighted by Crippen LogP contribution is 2.25. The Balaban J connectivity index is 1.53. The van der Waals surface area contributed by atoms with Crippen LogP contribution in [0.1, 0.15) is 42.7 Å². The van der Waals surface area contributed by atoms with Crippen molar-refractivity contribution >= 4 is 11.3 Å². The zero-order valence-electron chi connectivity index (χ0n) is 11.9. The van der Waals surface area contributed by atoms with Crippen molar-refractivity contribution in [1.82, 2.24) is 5.32 Å². The first-order chi connectivity index (χ1) is 9.92. The Morgan fingerprint density at radius 3 is 2.70 bits per heavy atom. The van der Waals surface area contributed by atoms with Crippen LogP contribution >= 0.6 is 11.3 Å². The van der Waals surface area contributed by atoms with E-state index in [9.17, 15) is 0 Å². The van der Waals surface area contributed by atoms with E-state index in [1.165, 1.54) is 43.2 Å². The Morgan fingerprint density at radius 1 is 1.15 bits per heavy atom. The van der Waals surface area contributed by atoms with Gasteiger partial charge in [0.05, 0.1) is 0 Å². The lowest BCUT2D eigenvalue weighted by molar-refractivity contribution is 0.531. The summed E-state index contributed by atoms with van der Waals surface area (Å²) in [4.78, 5) is 0. The van der Waals surface area contributed by atoms with E-state index in [-0.39, 0.29) is 0 Å². The van der Waals surface area contributed by atoms with Gasteiger partial charge in [0.2, 0.25) is 0 Å². The van der Waals surface area contributed by atoms with Gasteiger partial charge in [-0.15, -0.1) is 0 Å². The van der Waals surface area contributed by atoms with Crippen molar-refractivity contribution in [1.29, 1.82) is 0 Å². The molecule has 1 aliphatic rings. The molecule has 0 spiro atoms. The molecule has 1 fully saturated rings. The number of hydrogen-bond acceptors (Lipinski definition) is 2. The number of thiophene rings is 1. The summed E-state index contributed by atoms with van der Waals surface area (Å²) in [6.07, 6.45) is 6.52. The van der Waals surface area contributed by atoms with Crippen LogP contribution in [-0.4, -0.2) is 12.6 Å². The Hall–Kier alpha value is -1.12. The third-order valence-electron chi connectivity index (χ3n) is 4.10. The monoisotopic (exact) mass is 285 g/mol. The maximum absolute atomic E-state index is 3.70. The summed E-state index contributed by atoms with van der Waals surface area (Å²) in [7, 11) is 0. The molecule has 1 atom stereocenters. The van der Waals surface area contributed by atoms with Crippen molar-refractivity contribution in [3.63, 3.8) is 0 Å². The Labute approximate surface area is 126 Å². The number of hydrogen-bond donors (Lipinski definition) is 1. The smallest absolute Gasteiger partial charge is 0.00684 e. The van der Waals surface area contributed by atoms with E-state index in [2.05, 4.69) is 52.5 Å². The van der Waals surface area contributed by atoms with E-state index in [1.807, 2.05) is 0 Å². The zero-order valence-corrected chi connectivity index (χ0v) is 12.7. The van der Waals surface area contributed by atoms with Gasteiger partial charge in [0, 0.05) is 12.6 Å². The Morgan fingerprint density at radius 2 is 2.00 bits per heavy atom. The van der Waals surface area contributed by atoms with Crippen LogP contribution in [0, 0.1) is 0 Å². The van der Waals surface area contributed by atoms with Crippen molar-refractivity contribution in [2.24, 2.45) is 0 Å². The van der Waals surface area contributed by atoms with E-state index in [0.717, 1.165) is 12.6 Å². The molecule has 2 aromatic rings. The second-order valence-electron chi connectivity index (χ2n) is 5.81. The first kappa shape index (κ1) is 13.8. The van der Waals surface area contributed by atoms with E-state index in [0.29, 0.717) is 5.92 Å². The van der Waals surface area contributed by atoms with Gasteiger partial charge in [0.15, 0.2) is 0 Å². The highest BCUT2D eigenvalue weighted by molar-refractivity contribution is 7.07. The largest absolute Gasteiger partial charge is 0.313 e. The van der Waals surface area contributed by atoms with Crippen LogP contribution in [-0.2, 0) is 6.42 Å². The van der Waals surface area contributed by atoms with Crippen molar-refractivity contribution in [3.05, 3.63) is 58.3 Å². The van der Waals surface area contributed by atoms with Crippen molar-refractivity contribution in [2.45, 2.75) is 44.1 Å². The quantitative estimate of drug-likeness (QED) is 0.747. The molecule has 0 aliphatic heterocycles. The third-order valence-corrected chi connectivity index (χ3v) is 4.83. The summed E-state index contributed by atoms with van der Waals surface area (Å²) in [5, 5.41) is 8.16. The fourth-order valence-electron chi connectivity index (χ4n) is 2.70. The molecule has 1 unspecified atom stereocenters. The maximum atomic E-state index is 3.70. The molecule has 1 saturated carbocycles. The molecule has 1 nitrogen and oxygen atoms in total. The second kappa shape index (κ2) is 7.05. The van der Waals surface area contributed by atoms with Gasteiger partial charge < -0.3 is 5.32 Å². The minimum absolute atomic E-state index is 0.662. The Bertz CT molecular complexity index is 487. The molecular formula is C18H23NS. The van der Waals surface area contributed by atoms with Gasteiger partial charge in [-0.2, -0.15) is 11.3 Å². The van der Waals surface area contributed by atoms with Crippen LogP contribution < -0.4 is 5.32 Å². The summed E-state index contributed by atoms with van der Waals surface area (Å²) >= 11 is 1.80. The van der Waals surface area contributed by atoms with E-state index in [4.69, 9.17) is 0 Å². The molecule has 1 heterocycles. The van der Waals surface area contributed by atoms with E-state index in [1.54, 1.807) is 11.3 Å². The van der Waals surface area contributed by atoms with Crippen LogP contribution in [0.25, 0.3) is 0 Å². The van der Waals surface area contributed by atoms with Gasteiger partial charge >= 0.3 is 0 Å². The van der Waals surface area contributed by atoms with Crippen LogP contribution in [0.2, 0.25) is 0 Å². The summed E-state index contributed by atoms with van der Waals surface area (Å²) in [5.41, 5.74) is 2.99. The first-order valence-electron chi connectivity index (χ1n) is 7.71. The maximum Gasteiger partial charge on any atom is 0.00684 e. The molecule has 0 radical (unpaired) electrons. The average molecular weight is 285 g/mol. The SMILES string of the molecule is c1ccc(C(CCCc2ccsc2)CNC2CC2)cc1. The fourth-order valence-corrected chi connectivity index (χ4v) is 3.40. The third kappa shape index (κ3) is 4.19. The van der Waals surface area contributed by atoms with Gasteiger partial charge in [-0.3, -0.25) is 0 Å². The highest BCUT2D eigenvalue weighted by atomic mass is 32.1. The molecule has 20 heavy (non-hydrogen) atoms. The van der Waals surface area contributed by atoms with Crippen molar-refractivity contribution in [3.8, 4) is 0 Å². The molecule has 106 valence electrons. The molecule has 3 rings (SSSR count). The van der Waals surface area contributed by atoms with Crippen LogP contribution in [0.4, 0.5) is 0 Å². The van der Waals surface area contributed by atoms with Crippen molar-refractivity contribution < 1.29 is 0 Å². The minimum atomic E-state index is 0.662. The minimum Gasteiger partial charge on any atom is -0.313 e. The molecule has 1 aliphatic carbocycles. The van der Waals surface area contributed by atoms with Gasteiger partial charge in [0.1, 0.15) is 0 Å². The number of benzene rings is 1. The summed E-state index contributed by atoms with van der Waals surface area (Å²) in [6.45, 7) is 1.14. The van der Waals surface area contributed by atoms with Gasteiger partial charge in [-0.25, -0.2) is 0 Å². The Kier molecular flexibility index (Phi) is 4.88. The number of nitrogens with one attached hydrogen (secondary N) is 1. The fraction of sp³-hybridized carbons (Fsp3) is 0.444. The van der Waals surface area contributed by atoms with E-state index < -0.39 is 0 Å². The normalized spacial score (nSPS) is 16.2. The van der Waals surface area contributed by atoms with E-state index >= 15 is 0 Å². The van der Waals surface area contributed by atoms with Gasteiger partial charge in [-0.1, -0.05) is 30.3 Å². The lowest BCUT2D eigenvalue weighted by Crippen LogP contribution is -2.23. The molecule has 2 heteroatoms. The summed E-state index contributed by atoms with van der Waals surface area (Å²) < 4.78 is 0. The van der Waals surface area contributed by atoms with Crippen LogP contribution in [0.15, 0.2) is 47.2 Å². The molecule has 0 bridgehead atoms. The lowest BCUT2D eigenvalue weighted by atomic mass is 9.92. The molecular weight excluding hydrogens is 262 g/mol. The zero-order chi connectivity index (χ0) is 13.6. The molecule has 1 aromatic heterocycles. The first-order valence-corrected chi connectivity index (χ1v) is 8.65. The van der Waals surface area contributed by atoms with Crippen LogP contribution in [0.5, 0.6) is 0 Å². The predicted molar refractivity (Wildman–Crippen MR) is 87.5 cm³/mol. The molecule has 0 amide bonds. The van der Waals surface area contributed by atoms with Crippen molar-refractivity contribution in [2.75, 3.05) is 6.54 Å². The molecule has 1 aromatic carbocycles. The number of rotatable bonds is 8. The highest BCUT2D eigenvalue weighted by Gasteiger charge is 2.22. The van der Waals surface area contributed by atoms with Crippen LogP contribution in [0.3, 0.4) is 0 Å². The van der Waals surface area contributed by atoms with Gasteiger partial charge in [-0.05, 0) is 66.0 Å². The summed E-state index contributed by atoms with van der Waals surface area (Å²) in [5.74, 6) is 0.662. The molecule has 1 N–H and O–H groups in total. The number of aryl methyl sites for hydroxylation is 1. The van der Waals surface area contributed by atoms with Gasteiger partial charge in [0.25, 0.3) is 0 Å². The average Bonchev–Trinajstić information content (AvgIpc) is 3.18. The topological polar surface area (TPSA) is 12.0 Å².